The maximum absolute atomic E-state index is 10.5. The average molecular weight is 539 g/mol. The first-order valence-corrected chi connectivity index (χ1v) is 14.8. The molecule has 3 nitrogen and oxygen atoms in total. The Morgan fingerprint density at radius 2 is 1.00 bits per heavy atom. The SMILES string of the molecule is CCCCCCCCCCCC[C@H](O)[C@@H]1CC[C@@H]([C@@H](O)CCCCCCCCI)O1. The highest BCUT2D eigenvalue weighted by Gasteiger charge is 2.33. The van der Waals surface area contributed by atoms with Gasteiger partial charge in [0, 0.05) is 0 Å². The van der Waals surface area contributed by atoms with Crippen molar-refractivity contribution in [3.63, 3.8) is 0 Å². The molecule has 180 valence electrons. The minimum Gasteiger partial charge on any atom is -0.390 e. The molecule has 2 N–H and O–H groups in total. The molecule has 0 aliphatic carbocycles. The maximum Gasteiger partial charge on any atom is 0.0840 e. The summed E-state index contributed by atoms with van der Waals surface area (Å²) < 4.78 is 7.30. The lowest BCUT2D eigenvalue weighted by atomic mass is 10.00. The normalized spacial score (nSPS) is 21.2. The molecule has 1 aliphatic rings. The van der Waals surface area contributed by atoms with E-state index >= 15 is 0 Å². The summed E-state index contributed by atoms with van der Waals surface area (Å²) in [5, 5.41) is 20.9. The van der Waals surface area contributed by atoms with Crippen molar-refractivity contribution >= 4 is 22.6 Å². The van der Waals surface area contributed by atoms with Crippen LogP contribution >= 0.6 is 22.6 Å². The number of alkyl halides is 1. The van der Waals surface area contributed by atoms with Crippen molar-refractivity contribution in [2.24, 2.45) is 0 Å². The van der Waals surface area contributed by atoms with E-state index in [9.17, 15) is 10.2 Å². The van der Waals surface area contributed by atoms with Gasteiger partial charge in [-0.05, 0) is 36.5 Å². The third-order valence-corrected chi connectivity index (χ3v) is 7.44. The predicted molar refractivity (Wildman–Crippen MR) is 138 cm³/mol. The minimum atomic E-state index is -0.353. The van der Waals surface area contributed by atoms with Crippen LogP contribution in [-0.4, -0.2) is 39.1 Å². The average Bonchev–Trinajstić information content (AvgIpc) is 3.25. The lowest BCUT2D eigenvalue weighted by Gasteiger charge is -2.22. The van der Waals surface area contributed by atoms with Gasteiger partial charge in [0.2, 0.25) is 0 Å². The molecule has 0 aromatic rings. The summed E-state index contributed by atoms with van der Waals surface area (Å²) in [5.41, 5.74) is 0. The van der Waals surface area contributed by atoms with Gasteiger partial charge in [-0.1, -0.05) is 126 Å². The van der Waals surface area contributed by atoms with Crippen LogP contribution in [0.3, 0.4) is 0 Å². The van der Waals surface area contributed by atoms with E-state index in [0.717, 1.165) is 38.5 Å². The first kappa shape index (κ1) is 28.6. The Bertz CT molecular complexity index is 366. The van der Waals surface area contributed by atoms with Crippen LogP contribution in [0.1, 0.15) is 135 Å². The second-order valence-electron chi connectivity index (χ2n) is 9.49. The summed E-state index contributed by atoms with van der Waals surface area (Å²) in [6, 6.07) is 0. The molecule has 0 aromatic heterocycles. The van der Waals surface area contributed by atoms with Gasteiger partial charge < -0.3 is 14.9 Å². The quantitative estimate of drug-likeness (QED) is 0.0893. The molecule has 1 aliphatic heterocycles. The molecule has 0 amide bonds. The number of aliphatic hydroxyl groups is 2. The fraction of sp³-hybridized carbons (Fsp3) is 1.00. The van der Waals surface area contributed by atoms with Crippen LogP contribution in [-0.2, 0) is 4.74 Å². The Hall–Kier alpha value is 0.610. The Kier molecular flexibility index (Phi) is 19.3. The number of ether oxygens (including phenoxy) is 1. The lowest BCUT2D eigenvalue weighted by Crippen LogP contribution is -2.31. The monoisotopic (exact) mass is 538 g/mol. The van der Waals surface area contributed by atoms with Crippen molar-refractivity contribution in [2.75, 3.05) is 4.43 Å². The number of rotatable bonds is 21. The van der Waals surface area contributed by atoms with Gasteiger partial charge in [-0.2, -0.15) is 0 Å². The highest BCUT2D eigenvalue weighted by molar-refractivity contribution is 14.1. The van der Waals surface area contributed by atoms with Crippen LogP contribution in [0.2, 0.25) is 0 Å². The lowest BCUT2D eigenvalue weighted by molar-refractivity contribution is -0.0786. The molecule has 30 heavy (non-hydrogen) atoms. The smallest absolute Gasteiger partial charge is 0.0840 e. The predicted octanol–water partition coefficient (Wildman–Crippen LogP) is 7.73. The Morgan fingerprint density at radius 3 is 1.40 bits per heavy atom. The number of hydrogen-bond acceptors (Lipinski definition) is 3. The fourth-order valence-electron chi connectivity index (χ4n) is 4.62. The van der Waals surface area contributed by atoms with Crippen molar-refractivity contribution in [1.82, 2.24) is 0 Å². The van der Waals surface area contributed by atoms with E-state index in [1.165, 1.54) is 94.3 Å². The van der Waals surface area contributed by atoms with Crippen molar-refractivity contribution in [3.8, 4) is 0 Å². The highest BCUT2D eigenvalue weighted by atomic mass is 127. The maximum atomic E-state index is 10.5. The Labute approximate surface area is 201 Å². The Morgan fingerprint density at radius 1 is 0.633 bits per heavy atom. The minimum absolute atomic E-state index is 0.0588. The first-order valence-electron chi connectivity index (χ1n) is 13.3. The molecular formula is C26H51IO3. The number of unbranched alkanes of at least 4 members (excludes halogenated alkanes) is 14. The van der Waals surface area contributed by atoms with E-state index in [1.54, 1.807) is 0 Å². The standard InChI is InChI=1S/C26H51IO3/c1-2-3-4-5-6-7-8-9-12-15-18-23(28)25-20-21-26(30-25)24(29)19-16-13-10-11-14-17-22-27/h23-26,28-29H,2-22H2,1H3/t23-,24-,25-,26-/m0/s1. The molecule has 4 heteroatoms. The zero-order chi connectivity index (χ0) is 21.9. The second-order valence-corrected chi connectivity index (χ2v) is 10.6. The van der Waals surface area contributed by atoms with Crippen molar-refractivity contribution < 1.29 is 14.9 Å². The summed E-state index contributed by atoms with van der Waals surface area (Å²) in [6.07, 6.45) is 23.5. The van der Waals surface area contributed by atoms with E-state index in [2.05, 4.69) is 29.5 Å². The van der Waals surface area contributed by atoms with Gasteiger partial charge in [-0.25, -0.2) is 0 Å². The summed E-state index contributed by atoms with van der Waals surface area (Å²) in [5.74, 6) is 0. The van der Waals surface area contributed by atoms with E-state index in [-0.39, 0.29) is 24.4 Å². The fourth-order valence-corrected chi connectivity index (χ4v) is 5.16. The summed E-state index contributed by atoms with van der Waals surface area (Å²) in [6.45, 7) is 2.27. The number of aliphatic hydroxyl groups excluding tert-OH is 2. The van der Waals surface area contributed by atoms with Gasteiger partial charge in [0.25, 0.3) is 0 Å². The van der Waals surface area contributed by atoms with Gasteiger partial charge in [-0.15, -0.1) is 0 Å². The molecule has 0 bridgehead atoms. The van der Waals surface area contributed by atoms with Crippen LogP contribution in [0.5, 0.6) is 0 Å². The van der Waals surface area contributed by atoms with Crippen molar-refractivity contribution in [2.45, 2.75) is 160 Å². The third-order valence-electron chi connectivity index (χ3n) is 6.68. The van der Waals surface area contributed by atoms with Crippen LogP contribution in [0, 0.1) is 0 Å². The van der Waals surface area contributed by atoms with Gasteiger partial charge in [-0.3, -0.25) is 0 Å². The largest absolute Gasteiger partial charge is 0.390 e. The van der Waals surface area contributed by atoms with E-state index in [4.69, 9.17) is 4.74 Å². The molecule has 0 saturated carbocycles. The van der Waals surface area contributed by atoms with Gasteiger partial charge >= 0.3 is 0 Å². The molecule has 0 aromatic carbocycles. The number of hydrogen-bond donors (Lipinski definition) is 2. The molecule has 1 rings (SSSR count). The summed E-state index contributed by atoms with van der Waals surface area (Å²) >= 11 is 2.45. The van der Waals surface area contributed by atoms with E-state index in [0.29, 0.717) is 0 Å². The van der Waals surface area contributed by atoms with Crippen LogP contribution in [0.4, 0.5) is 0 Å². The second kappa shape index (κ2) is 20.2. The van der Waals surface area contributed by atoms with Crippen LogP contribution in [0.25, 0.3) is 0 Å². The molecule has 1 heterocycles. The van der Waals surface area contributed by atoms with E-state index < -0.39 is 0 Å². The molecule has 0 spiro atoms. The van der Waals surface area contributed by atoms with E-state index in [1.807, 2.05) is 0 Å². The zero-order valence-corrected chi connectivity index (χ0v) is 22.0. The highest BCUT2D eigenvalue weighted by Crippen LogP contribution is 2.28. The third kappa shape index (κ3) is 14.6. The molecule has 1 saturated heterocycles. The summed E-state index contributed by atoms with van der Waals surface area (Å²) in [7, 11) is 0. The Balaban J connectivity index is 1.97. The van der Waals surface area contributed by atoms with Gasteiger partial charge in [0.05, 0.1) is 24.4 Å². The molecule has 0 radical (unpaired) electrons. The summed E-state index contributed by atoms with van der Waals surface area (Å²) in [4.78, 5) is 0. The van der Waals surface area contributed by atoms with Crippen molar-refractivity contribution in [1.29, 1.82) is 0 Å². The number of halogens is 1. The first-order chi connectivity index (χ1) is 14.7. The van der Waals surface area contributed by atoms with Crippen LogP contribution < -0.4 is 0 Å². The molecular weight excluding hydrogens is 487 g/mol. The van der Waals surface area contributed by atoms with Gasteiger partial charge in [0.15, 0.2) is 0 Å². The molecule has 4 atom stereocenters. The zero-order valence-electron chi connectivity index (χ0n) is 19.8. The topological polar surface area (TPSA) is 49.7 Å². The van der Waals surface area contributed by atoms with Crippen LogP contribution in [0.15, 0.2) is 0 Å². The molecule has 1 fully saturated rings. The van der Waals surface area contributed by atoms with Gasteiger partial charge in [0.1, 0.15) is 0 Å². The molecule has 0 unspecified atom stereocenters. The van der Waals surface area contributed by atoms with Crippen molar-refractivity contribution in [3.05, 3.63) is 0 Å².